The number of hydrogen-bond donors (Lipinski definition) is 2. The number of ether oxygens (including phenoxy) is 1. The normalized spacial score (nSPS) is 19.5. The largest absolute Gasteiger partial charge is 0.449 e. The van der Waals surface area contributed by atoms with Crippen molar-refractivity contribution >= 4 is 35.2 Å². The lowest BCUT2D eigenvalue weighted by atomic mass is 10.00. The van der Waals surface area contributed by atoms with Gasteiger partial charge in [0.15, 0.2) is 11.5 Å². The molecule has 1 atom stereocenters. The third-order valence-corrected chi connectivity index (χ3v) is 6.60. The minimum atomic E-state index is -0.382. The van der Waals surface area contributed by atoms with Crippen LogP contribution in [-0.2, 0) is 4.79 Å². The monoisotopic (exact) mass is 467 g/mol. The van der Waals surface area contributed by atoms with Gasteiger partial charge in [-0.05, 0) is 68.1 Å². The van der Waals surface area contributed by atoms with Gasteiger partial charge in [-0.1, -0.05) is 43.1 Å². The Morgan fingerprint density at radius 1 is 1.27 bits per heavy atom. The number of benzene rings is 2. The predicted molar refractivity (Wildman–Crippen MR) is 132 cm³/mol. The molecule has 174 valence electrons. The summed E-state index contributed by atoms with van der Waals surface area (Å²) in [5.74, 6) is 0.0955. The summed E-state index contributed by atoms with van der Waals surface area (Å²) in [6.45, 7) is 5.03. The molecule has 0 spiro atoms. The second kappa shape index (κ2) is 10.9. The second-order valence-electron chi connectivity index (χ2n) is 8.50. The van der Waals surface area contributed by atoms with Crippen molar-refractivity contribution in [2.75, 3.05) is 25.0 Å². The highest BCUT2D eigenvalue weighted by Gasteiger charge is 2.24. The van der Waals surface area contributed by atoms with Crippen LogP contribution in [0.15, 0.2) is 48.2 Å². The summed E-state index contributed by atoms with van der Waals surface area (Å²) in [5, 5.41) is 6.33. The van der Waals surface area contributed by atoms with Crippen molar-refractivity contribution in [1.29, 1.82) is 0 Å². The summed E-state index contributed by atoms with van der Waals surface area (Å²) < 4.78 is 5.78. The van der Waals surface area contributed by atoms with Gasteiger partial charge in [0.25, 0.3) is 11.8 Å². The number of likely N-dealkylation sites (tertiary alicyclic amines) is 1. The number of nitrogens with one attached hydrogen (secondary N) is 2. The standard InChI is InChI=1S/C26H30ClN3O3/c1-2-20-9-5-6-14-30(20)15-7-13-28-25(31)19-11-12-23-22(16-19)29-26(32)24(33-23)17-18-8-3-4-10-21(18)27/h3-4,8,10-12,16-17,20H,2,5-7,9,13-15H2,1H3,(H,28,31)(H,29,32)/b24-17-/t20-/m0/s1. The topological polar surface area (TPSA) is 70.7 Å². The molecule has 0 aliphatic carbocycles. The van der Waals surface area contributed by atoms with Crippen LogP contribution in [0.1, 0.15) is 54.9 Å². The molecule has 2 heterocycles. The van der Waals surface area contributed by atoms with E-state index in [0.717, 1.165) is 19.5 Å². The van der Waals surface area contributed by atoms with E-state index in [4.69, 9.17) is 16.3 Å². The molecular weight excluding hydrogens is 438 g/mol. The Balaban J connectivity index is 1.34. The number of amides is 2. The number of carbonyl (C=O) groups is 2. The summed E-state index contributed by atoms with van der Waals surface area (Å²) in [6, 6.07) is 12.9. The fourth-order valence-electron chi connectivity index (χ4n) is 4.44. The first kappa shape index (κ1) is 23.3. The number of piperidine rings is 1. The van der Waals surface area contributed by atoms with Crippen molar-refractivity contribution in [3.8, 4) is 5.75 Å². The smallest absolute Gasteiger partial charge is 0.291 e. The lowest BCUT2D eigenvalue weighted by molar-refractivity contribution is -0.115. The van der Waals surface area contributed by atoms with Crippen molar-refractivity contribution in [3.05, 3.63) is 64.4 Å². The number of nitrogens with zero attached hydrogens (tertiary/aromatic N) is 1. The molecular formula is C26H30ClN3O3. The average molecular weight is 468 g/mol. The van der Waals surface area contributed by atoms with Crippen LogP contribution < -0.4 is 15.4 Å². The number of halogens is 1. The highest BCUT2D eigenvalue weighted by Crippen LogP contribution is 2.33. The van der Waals surface area contributed by atoms with Crippen molar-refractivity contribution in [1.82, 2.24) is 10.2 Å². The molecule has 6 nitrogen and oxygen atoms in total. The molecule has 2 aliphatic rings. The molecule has 0 bridgehead atoms. The molecule has 2 aromatic rings. The number of hydrogen-bond acceptors (Lipinski definition) is 4. The predicted octanol–water partition coefficient (Wildman–Crippen LogP) is 5.10. The summed E-state index contributed by atoms with van der Waals surface area (Å²) in [4.78, 5) is 27.7. The molecule has 0 unspecified atom stereocenters. The van der Waals surface area contributed by atoms with E-state index < -0.39 is 0 Å². The minimum Gasteiger partial charge on any atom is -0.449 e. The van der Waals surface area contributed by atoms with E-state index >= 15 is 0 Å². The highest BCUT2D eigenvalue weighted by molar-refractivity contribution is 6.32. The third-order valence-electron chi connectivity index (χ3n) is 6.25. The molecule has 0 aromatic heterocycles. The van der Waals surface area contributed by atoms with Crippen molar-refractivity contribution in [3.63, 3.8) is 0 Å². The number of rotatable bonds is 7. The van der Waals surface area contributed by atoms with Crippen molar-refractivity contribution in [2.45, 2.75) is 45.1 Å². The van der Waals surface area contributed by atoms with E-state index in [-0.39, 0.29) is 17.6 Å². The van der Waals surface area contributed by atoms with Crippen LogP contribution in [0.4, 0.5) is 5.69 Å². The second-order valence-corrected chi connectivity index (χ2v) is 8.91. The summed E-state index contributed by atoms with van der Waals surface area (Å²) in [5.41, 5.74) is 1.65. The van der Waals surface area contributed by atoms with Gasteiger partial charge in [0.2, 0.25) is 0 Å². The van der Waals surface area contributed by atoms with E-state index in [9.17, 15) is 9.59 Å². The molecule has 4 rings (SSSR count). The SMILES string of the molecule is CC[C@H]1CCCCN1CCCNC(=O)c1ccc2c(c1)NC(=O)/C(=C/c1ccccc1Cl)O2. The van der Waals surface area contributed by atoms with Gasteiger partial charge in [-0.2, -0.15) is 0 Å². The maximum absolute atomic E-state index is 12.6. The summed E-state index contributed by atoms with van der Waals surface area (Å²) in [7, 11) is 0. The van der Waals surface area contributed by atoms with Crippen LogP contribution in [0.25, 0.3) is 6.08 Å². The van der Waals surface area contributed by atoms with Crippen molar-refractivity contribution < 1.29 is 14.3 Å². The molecule has 2 aliphatic heterocycles. The highest BCUT2D eigenvalue weighted by atomic mass is 35.5. The molecule has 0 saturated carbocycles. The Hall–Kier alpha value is -2.83. The summed E-state index contributed by atoms with van der Waals surface area (Å²) in [6.07, 6.45) is 7.57. The maximum Gasteiger partial charge on any atom is 0.291 e. The fourth-order valence-corrected chi connectivity index (χ4v) is 4.63. The Morgan fingerprint density at radius 2 is 2.12 bits per heavy atom. The molecule has 1 saturated heterocycles. The number of fused-ring (bicyclic) bond motifs is 1. The first-order valence-corrected chi connectivity index (χ1v) is 12.0. The van der Waals surface area contributed by atoms with E-state index in [0.29, 0.717) is 40.2 Å². The molecule has 33 heavy (non-hydrogen) atoms. The van der Waals surface area contributed by atoms with Crippen LogP contribution in [-0.4, -0.2) is 42.4 Å². The zero-order chi connectivity index (χ0) is 23.2. The molecule has 7 heteroatoms. The maximum atomic E-state index is 12.6. The zero-order valence-corrected chi connectivity index (χ0v) is 19.7. The van der Waals surface area contributed by atoms with Gasteiger partial charge in [-0.15, -0.1) is 0 Å². The minimum absolute atomic E-state index is 0.149. The van der Waals surface area contributed by atoms with Crippen LogP contribution >= 0.6 is 11.6 Å². The van der Waals surface area contributed by atoms with Gasteiger partial charge < -0.3 is 20.3 Å². The first-order valence-electron chi connectivity index (χ1n) is 11.7. The average Bonchev–Trinajstić information content (AvgIpc) is 2.83. The number of carbonyl (C=O) groups excluding carboxylic acids is 2. The van der Waals surface area contributed by atoms with E-state index in [1.54, 1.807) is 30.3 Å². The van der Waals surface area contributed by atoms with Crippen LogP contribution in [0.5, 0.6) is 5.75 Å². The Bertz CT molecular complexity index is 1050. The molecule has 2 amide bonds. The molecule has 2 N–H and O–H groups in total. The lowest BCUT2D eigenvalue weighted by Crippen LogP contribution is -2.40. The van der Waals surface area contributed by atoms with Crippen molar-refractivity contribution in [2.24, 2.45) is 0 Å². The van der Waals surface area contributed by atoms with Gasteiger partial charge in [-0.3, -0.25) is 9.59 Å². The Kier molecular flexibility index (Phi) is 7.68. The van der Waals surface area contributed by atoms with Crippen LogP contribution in [0.2, 0.25) is 5.02 Å². The van der Waals surface area contributed by atoms with Gasteiger partial charge in [0, 0.05) is 29.7 Å². The Morgan fingerprint density at radius 3 is 2.94 bits per heavy atom. The van der Waals surface area contributed by atoms with Gasteiger partial charge >= 0.3 is 0 Å². The number of anilines is 1. The van der Waals surface area contributed by atoms with E-state index in [2.05, 4.69) is 22.5 Å². The Labute approximate surface area is 199 Å². The first-order chi connectivity index (χ1) is 16.0. The van der Waals surface area contributed by atoms with Gasteiger partial charge in [-0.25, -0.2) is 0 Å². The van der Waals surface area contributed by atoms with Gasteiger partial charge in [0.1, 0.15) is 0 Å². The van der Waals surface area contributed by atoms with E-state index in [1.807, 2.05) is 18.2 Å². The fraction of sp³-hybridized carbons (Fsp3) is 0.385. The van der Waals surface area contributed by atoms with E-state index in [1.165, 1.54) is 25.7 Å². The molecule has 0 radical (unpaired) electrons. The third kappa shape index (κ3) is 5.75. The molecule has 1 fully saturated rings. The van der Waals surface area contributed by atoms with Crippen LogP contribution in [0.3, 0.4) is 0 Å². The zero-order valence-electron chi connectivity index (χ0n) is 18.9. The van der Waals surface area contributed by atoms with Crippen LogP contribution in [0, 0.1) is 0 Å². The summed E-state index contributed by atoms with van der Waals surface area (Å²) >= 11 is 6.18. The lowest BCUT2D eigenvalue weighted by Gasteiger charge is -2.35. The quantitative estimate of drug-likeness (QED) is 0.439. The van der Waals surface area contributed by atoms with Gasteiger partial charge in [0.05, 0.1) is 5.69 Å². The molecule has 2 aromatic carbocycles.